The van der Waals surface area contributed by atoms with Crippen molar-refractivity contribution in [1.29, 1.82) is 0 Å². The summed E-state index contributed by atoms with van der Waals surface area (Å²) in [5.41, 5.74) is 1.19. The van der Waals surface area contributed by atoms with Crippen LogP contribution >= 0.6 is 0 Å². The van der Waals surface area contributed by atoms with Gasteiger partial charge in [0, 0.05) is 26.2 Å². The van der Waals surface area contributed by atoms with E-state index in [9.17, 15) is 9.59 Å². The van der Waals surface area contributed by atoms with E-state index in [-0.39, 0.29) is 23.8 Å². The van der Waals surface area contributed by atoms with Crippen molar-refractivity contribution in [3.63, 3.8) is 0 Å². The Kier molecular flexibility index (Phi) is 6.13. The van der Waals surface area contributed by atoms with Gasteiger partial charge in [-0.2, -0.15) is 0 Å². The van der Waals surface area contributed by atoms with Crippen molar-refractivity contribution in [2.45, 2.75) is 33.6 Å². The molecule has 0 saturated heterocycles. The highest BCUT2D eigenvalue weighted by Crippen LogP contribution is 2.22. The molecule has 0 radical (unpaired) electrons. The van der Waals surface area contributed by atoms with Crippen LogP contribution in [0.3, 0.4) is 0 Å². The first-order chi connectivity index (χ1) is 11.3. The van der Waals surface area contributed by atoms with Crippen molar-refractivity contribution < 1.29 is 14.7 Å². The fourth-order valence-corrected chi connectivity index (χ4v) is 3.13. The van der Waals surface area contributed by atoms with E-state index in [4.69, 9.17) is 5.11 Å². The predicted octanol–water partition coefficient (Wildman–Crippen LogP) is 2.40. The molecule has 2 rings (SSSR count). The summed E-state index contributed by atoms with van der Waals surface area (Å²) in [6.45, 7) is 9.73. The molecule has 1 aromatic rings. The van der Waals surface area contributed by atoms with Crippen LogP contribution in [0.25, 0.3) is 0 Å². The van der Waals surface area contributed by atoms with Crippen molar-refractivity contribution in [2.75, 3.05) is 32.8 Å². The average Bonchev–Trinajstić information content (AvgIpc) is 2.76. The zero-order valence-electron chi connectivity index (χ0n) is 14.9. The summed E-state index contributed by atoms with van der Waals surface area (Å²) in [5, 5.41) is 9.06. The molecule has 1 aliphatic heterocycles. The summed E-state index contributed by atoms with van der Waals surface area (Å²) >= 11 is 0. The molecule has 0 unspecified atom stereocenters. The number of amides is 2. The lowest BCUT2D eigenvalue weighted by Gasteiger charge is -2.30. The zero-order valence-corrected chi connectivity index (χ0v) is 14.9. The monoisotopic (exact) mass is 332 g/mol. The lowest BCUT2D eigenvalue weighted by atomic mass is 9.96. The van der Waals surface area contributed by atoms with Gasteiger partial charge in [0.1, 0.15) is 0 Å². The molecule has 2 amide bonds. The molecule has 0 fully saturated rings. The minimum atomic E-state index is -0.187. The first kappa shape index (κ1) is 18.6. The van der Waals surface area contributed by atoms with E-state index in [2.05, 4.69) is 25.7 Å². The number of benzene rings is 1. The van der Waals surface area contributed by atoms with E-state index in [1.54, 1.807) is 24.3 Å². The van der Waals surface area contributed by atoms with Crippen LogP contribution in [-0.2, 0) is 0 Å². The molecular weight excluding hydrogens is 304 g/mol. The normalized spacial score (nSPS) is 14.6. The number of rotatable bonds is 8. The largest absolute Gasteiger partial charge is 0.396 e. The highest BCUT2D eigenvalue weighted by Gasteiger charge is 2.34. The van der Waals surface area contributed by atoms with Crippen LogP contribution in [0.1, 0.15) is 54.3 Å². The maximum atomic E-state index is 12.3. The Balaban J connectivity index is 1.90. The molecule has 1 aromatic carbocycles. The summed E-state index contributed by atoms with van der Waals surface area (Å²) in [6, 6.07) is 6.99. The van der Waals surface area contributed by atoms with Crippen LogP contribution < -0.4 is 0 Å². The number of nitrogens with zero attached hydrogens (tertiary/aromatic N) is 2. The third kappa shape index (κ3) is 4.65. The number of fused-ring (bicyclic) bond motifs is 1. The molecule has 0 atom stereocenters. The molecular formula is C19H28N2O3. The second-order valence-electron chi connectivity index (χ2n) is 7.58. The number of hydrogen-bond donors (Lipinski definition) is 1. The van der Waals surface area contributed by atoms with Gasteiger partial charge in [-0.15, -0.1) is 0 Å². The molecule has 5 heteroatoms. The van der Waals surface area contributed by atoms with Gasteiger partial charge < -0.3 is 10.0 Å². The Labute approximate surface area is 144 Å². The summed E-state index contributed by atoms with van der Waals surface area (Å²) in [6.07, 6.45) is 1.48. The first-order valence-electron chi connectivity index (χ1n) is 8.62. The third-order valence-corrected chi connectivity index (χ3v) is 4.06. The third-order valence-electron chi connectivity index (χ3n) is 4.06. The minimum absolute atomic E-state index is 0.172. The molecule has 0 bridgehead atoms. The van der Waals surface area contributed by atoms with Gasteiger partial charge in [-0.05, 0) is 36.9 Å². The highest BCUT2D eigenvalue weighted by molar-refractivity contribution is 6.21. The van der Waals surface area contributed by atoms with Crippen molar-refractivity contribution >= 4 is 11.8 Å². The quantitative estimate of drug-likeness (QED) is 0.743. The Morgan fingerprint density at radius 1 is 1.00 bits per heavy atom. The van der Waals surface area contributed by atoms with Gasteiger partial charge in [-0.1, -0.05) is 32.9 Å². The van der Waals surface area contributed by atoms with E-state index in [1.165, 1.54) is 4.90 Å². The molecule has 0 aliphatic carbocycles. The van der Waals surface area contributed by atoms with Crippen LogP contribution in [0.4, 0.5) is 0 Å². The van der Waals surface area contributed by atoms with Crippen molar-refractivity contribution in [2.24, 2.45) is 5.41 Å². The van der Waals surface area contributed by atoms with E-state index >= 15 is 0 Å². The van der Waals surface area contributed by atoms with Crippen LogP contribution in [-0.4, -0.2) is 59.5 Å². The maximum absolute atomic E-state index is 12.3. The lowest BCUT2D eigenvalue weighted by Crippen LogP contribution is -2.37. The fraction of sp³-hybridized carbons (Fsp3) is 0.579. The van der Waals surface area contributed by atoms with Gasteiger partial charge in [0.05, 0.1) is 11.1 Å². The van der Waals surface area contributed by atoms with Gasteiger partial charge in [0.2, 0.25) is 0 Å². The summed E-state index contributed by atoms with van der Waals surface area (Å²) in [5.74, 6) is -0.373. The van der Waals surface area contributed by atoms with Crippen LogP contribution in [0.15, 0.2) is 24.3 Å². The molecule has 0 saturated carbocycles. The Hall–Kier alpha value is -1.72. The predicted molar refractivity (Wildman–Crippen MR) is 94.0 cm³/mol. The molecule has 0 spiro atoms. The molecule has 132 valence electrons. The SMILES string of the molecule is CC(C)(C)CN(CCCO)CCCN1C(=O)c2ccccc2C1=O. The number of carbonyl (C=O) groups excluding carboxylic acids is 2. The number of aliphatic hydroxyl groups is 1. The Morgan fingerprint density at radius 3 is 2.04 bits per heavy atom. The first-order valence-corrected chi connectivity index (χ1v) is 8.62. The smallest absolute Gasteiger partial charge is 0.261 e. The van der Waals surface area contributed by atoms with E-state index in [0.717, 1.165) is 32.5 Å². The Morgan fingerprint density at radius 2 is 1.54 bits per heavy atom. The van der Waals surface area contributed by atoms with E-state index < -0.39 is 0 Å². The van der Waals surface area contributed by atoms with Crippen molar-refractivity contribution in [3.8, 4) is 0 Å². The number of carbonyl (C=O) groups is 2. The molecule has 24 heavy (non-hydrogen) atoms. The van der Waals surface area contributed by atoms with Crippen molar-refractivity contribution in [1.82, 2.24) is 9.80 Å². The molecule has 1 aliphatic rings. The second-order valence-corrected chi connectivity index (χ2v) is 7.58. The standard InChI is InChI=1S/C19H28N2O3/c1-19(2,3)14-20(11-7-13-22)10-6-12-21-17(23)15-8-4-5-9-16(15)18(21)24/h4-5,8-9,22H,6-7,10-14H2,1-3H3. The van der Waals surface area contributed by atoms with Crippen LogP contribution in [0, 0.1) is 5.41 Å². The number of imide groups is 1. The second kappa shape index (κ2) is 7.90. The van der Waals surface area contributed by atoms with Gasteiger partial charge in [-0.3, -0.25) is 14.5 Å². The average molecular weight is 332 g/mol. The minimum Gasteiger partial charge on any atom is -0.396 e. The number of aliphatic hydroxyl groups excluding tert-OH is 1. The van der Waals surface area contributed by atoms with Crippen molar-refractivity contribution in [3.05, 3.63) is 35.4 Å². The van der Waals surface area contributed by atoms with Gasteiger partial charge in [0.15, 0.2) is 0 Å². The van der Waals surface area contributed by atoms with E-state index in [0.29, 0.717) is 17.7 Å². The highest BCUT2D eigenvalue weighted by atomic mass is 16.3. The molecule has 0 aromatic heterocycles. The van der Waals surface area contributed by atoms with E-state index in [1.807, 2.05) is 0 Å². The van der Waals surface area contributed by atoms with Gasteiger partial charge in [-0.25, -0.2) is 0 Å². The summed E-state index contributed by atoms with van der Waals surface area (Å²) in [7, 11) is 0. The van der Waals surface area contributed by atoms with Crippen LogP contribution in [0.5, 0.6) is 0 Å². The fourth-order valence-electron chi connectivity index (χ4n) is 3.13. The van der Waals surface area contributed by atoms with Gasteiger partial charge in [0.25, 0.3) is 11.8 Å². The molecule has 5 nitrogen and oxygen atoms in total. The maximum Gasteiger partial charge on any atom is 0.261 e. The molecule has 1 N–H and O–H groups in total. The number of hydrogen-bond acceptors (Lipinski definition) is 4. The lowest BCUT2D eigenvalue weighted by molar-refractivity contribution is 0.0643. The topological polar surface area (TPSA) is 60.9 Å². The zero-order chi connectivity index (χ0) is 17.7. The summed E-state index contributed by atoms with van der Waals surface area (Å²) < 4.78 is 0. The van der Waals surface area contributed by atoms with Gasteiger partial charge >= 0.3 is 0 Å². The molecule has 1 heterocycles. The van der Waals surface area contributed by atoms with Crippen LogP contribution in [0.2, 0.25) is 0 Å². The Bertz CT molecular complexity index is 558. The summed E-state index contributed by atoms with van der Waals surface area (Å²) in [4.78, 5) is 28.3.